The van der Waals surface area contributed by atoms with E-state index in [9.17, 15) is 9.59 Å². The molecule has 0 fully saturated rings. The third-order valence-electron chi connectivity index (χ3n) is 8.44. The molecule has 2 N–H and O–H groups in total. The highest BCUT2D eigenvalue weighted by molar-refractivity contribution is 6.27. The molecule has 0 aliphatic carbocycles. The Morgan fingerprint density at radius 3 is 1.18 bits per heavy atom. The van der Waals surface area contributed by atoms with Crippen molar-refractivity contribution in [1.82, 2.24) is 0 Å². The van der Waals surface area contributed by atoms with E-state index in [1.165, 1.54) is 32.3 Å². The quantitative estimate of drug-likeness (QED) is 0.135. The monoisotopic (exact) mass is 576 g/mol. The normalized spacial score (nSPS) is 11.9. The summed E-state index contributed by atoms with van der Waals surface area (Å²) in [6.45, 7) is 0.163. The van der Waals surface area contributed by atoms with Gasteiger partial charge in [0.2, 0.25) is 11.8 Å². The van der Waals surface area contributed by atoms with Gasteiger partial charge in [-0.2, -0.15) is 0 Å². The molecule has 0 heterocycles. The predicted octanol–water partition coefficient (Wildman–Crippen LogP) is 8.09. The molecule has 0 spiro atoms. The SMILES string of the molecule is O=C(COCCOCC(=O)Nc1ccc2ccc3cccc4ccc1c2c34)Nc1ccc2ccc3cccc4ccc1c2c34. The molecule has 6 nitrogen and oxygen atoms in total. The van der Waals surface area contributed by atoms with Crippen molar-refractivity contribution in [2.45, 2.75) is 0 Å². The third-order valence-corrected chi connectivity index (χ3v) is 8.44. The predicted molar refractivity (Wildman–Crippen MR) is 179 cm³/mol. The molecule has 8 rings (SSSR count). The summed E-state index contributed by atoms with van der Waals surface area (Å²) in [5.74, 6) is -0.487. The maximum Gasteiger partial charge on any atom is 0.250 e. The Hall–Kier alpha value is -5.30. The van der Waals surface area contributed by atoms with E-state index in [-0.39, 0.29) is 38.2 Å². The maximum atomic E-state index is 12.7. The molecular weight excluding hydrogens is 548 g/mol. The van der Waals surface area contributed by atoms with Crippen molar-refractivity contribution >= 4 is 87.8 Å². The summed E-state index contributed by atoms with van der Waals surface area (Å²) < 4.78 is 11.1. The van der Waals surface area contributed by atoms with Gasteiger partial charge in [-0.25, -0.2) is 0 Å². The Labute approximate surface area is 252 Å². The van der Waals surface area contributed by atoms with Gasteiger partial charge in [-0.3, -0.25) is 9.59 Å². The van der Waals surface area contributed by atoms with Crippen molar-refractivity contribution < 1.29 is 19.1 Å². The van der Waals surface area contributed by atoms with Crippen molar-refractivity contribution in [2.75, 3.05) is 37.1 Å². The first-order valence-electron chi connectivity index (χ1n) is 14.7. The molecule has 0 atom stereocenters. The fourth-order valence-corrected chi connectivity index (χ4v) is 6.51. The van der Waals surface area contributed by atoms with Crippen LogP contribution >= 0.6 is 0 Å². The van der Waals surface area contributed by atoms with E-state index in [1.54, 1.807) is 0 Å². The molecule has 0 unspecified atom stereocenters. The summed E-state index contributed by atoms with van der Waals surface area (Å²) in [6.07, 6.45) is 0. The van der Waals surface area contributed by atoms with Crippen LogP contribution in [0.5, 0.6) is 0 Å². The average molecular weight is 577 g/mol. The zero-order valence-electron chi connectivity index (χ0n) is 23.9. The number of carbonyl (C=O) groups is 2. The number of rotatable bonds is 9. The molecule has 0 aromatic heterocycles. The zero-order valence-corrected chi connectivity index (χ0v) is 23.9. The van der Waals surface area contributed by atoms with Crippen LogP contribution < -0.4 is 10.6 Å². The largest absolute Gasteiger partial charge is 0.369 e. The van der Waals surface area contributed by atoms with Crippen molar-refractivity contribution in [1.29, 1.82) is 0 Å². The van der Waals surface area contributed by atoms with Crippen molar-refractivity contribution in [3.05, 3.63) is 109 Å². The van der Waals surface area contributed by atoms with E-state index >= 15 is 0 Å². The van der Waals surface area contributed by atoms with Crippen LogP contribution in [0.2, 0.25) is 0 Å². The zero-order chi connectivity index (χ0) is 29.6. The summed E-state index contributed by atoms with van der Waals surface area (Å²) in [7, 11) is 0. The van der Waals surface area contributed by atoms with Crippen LogP contribution in [0.15, 0.2) is 109 Å². The van der Waals surface area contributed by atoms with Gasteiger partial charge in [0.25, 0.3) is 0 Å². The van der Waals surface area contributed by atoms with E-state index < -0.39 is 0 Å². The number of benzene rings is 8. The summed E-state index contributed by atoms with van der Waals surface area (Å²) in [4.78, 5) is 25.4. The van der Waals surface area contributed by atoms with E-state index in [2.05, 4.69) is 95.6 Å². The number of hydrogen-bond donors (Lipinski definition) is 2. The summed E-state index contributed by atoms with van der Waals surface area (Å²) in [6, 6.07) is 37.3. The first kappa shape index (κ1) is 26.3. The van der Waals surface area contributed by atoms with Crippen LogP contribution in [-0.2, 0) is 19.1 Å². The summed E-state index contributed by atoms with van der Waals surface area (Å²) >= 11 is 0. The van der Waals surface area contributed by atoms with E-state index in [0.717, 1.165) is 43.7 Å². The number of anilines is 2. The second-order valence-corrected chi connectivity index (χ2v) is 11.1. The van der Waals surface area contributed by atoms with Crippen LogP contribution in [0.25, 0.3) is 64.6 Å². The van der Waals surface area contributed by atoms with Gasteiger partial charge in [0.15, 0.2) is 0 Å². The van der Waals surface area contributed by atoms with Gasteiger partial charge in [0.05, 0.1) is 13.2 Å². The second-order valence-electron chi connectivity index (χ2n) is 11.1. The first-order chi connectivity index (χ1) is 21.6. The van der Waals surface area contributed by atoms with Crippen molar-refractivity contribution in [3.8, 4) is 0 Å². The van der Waals surface area contributed by atoms with Crippen LogP contribution in [-0.4, -0.2) is 38.2 Å². The van der Waals surface area contributed by atoms with Gasteiger partial charge >= 0.3 is 0 Å². The Morgan fingerprint density at radius 2 is 0.773 bits per heavy atom. The van der Waals surface area contributed by atoms with Gasteiger partial charge in [-0.15, -0.1) is 0 Å². The smallest absolute Gasteiger partial charge is 0.250 e. The topological polar surface area (TPSA) is 76.7 Å². The lowest BCUT2D eigenvalue weighted by Gasteiger charge is -2.15. The molecule has 0 radical (unpaired) electrons. The van der Waals surface area contributed by atoms with E-state index in [1.807, 2.05) is 24.3 Å². The maximum absolute atomic E-state index is 12.7. The van der Waals surface area contributed by atoms with Gasteiger partial charge < -0.3 is 20.1 Å². The molecule has 2 amide bonds. The van der Waals surface area contributed by atoms with Crippen LogP contribution in [0, 0.1) is 0 Å². The van der Waals surface area contributed by atoms with Crippen LogP contribution in [0.3, 0.4) is 0 Å². The molecule has 0 saturated carbocycles. The molecule has 0 bridgehead atoms. The number of hydrogen-bond acceptors (Lipinski definition) is 4. The lowest BCUT2D eigenvalue weighted by Crippen LogP contribution is -2.22. The lowest BCUT2D eigenvalue weighted by atomic mass is 9.93. The number of ether oxygens (including phenoxy) is 2. The van der Waals surface area contributed by atoms with Gasteiger partial charge in [0.1, 0.15) is 13.2 Å². The minimum absolute atomic E-state index is 0.111. The Morgan fingerprint density at radius 1 is 0.432 bits per heavy atom. The van der Waals surface area contributed by atoms with Crippen molar-refractivity contribution in [2.24, 2.45) is 0 Å². The summed E-state index contributed by atoms with van der Waals surface area (Å²) in [5, 5.41) is 19.7. The standard InChI is InChI=1S/C38H28N2O4/c41-33(39-31-17-13-27-9-7-23-3-1-5-25-11-15-29(31)37(27)35(23)25)21-43-19-20-44-22-34(42)40-32-18-14-28-10-8-24-4-2-6-26-12-16-30(32)38(28)36(24)26/h1-18H,19-22H2,(H,39,41)(H,40,42). The number of nitrogens with one attached hydrogen (secondary N) is 2. The highest BCUT2D eigenvalue weighted by Gasteiger charge is 2.14. The number of amides is 2. The second kappa shape index (κ2) is 10.8. The molecule has 6 heteroatoms. The Bertz CT molecular complexity index is 2150. The highest BCUT2D eigenvalue weighted by Crippen LogP contribution is 2.39. The minimum atomic E-state index is -0.244. The Balaban J connectivity index is 0.853. The summed E-state index contributed by atoms with van der Waals surface area (Å²) in [5.41, 5.74) is 1.51. The fourth-order valence-electron chi connectivity index (χ4n) is 6.51. The van der Waals surface area contributed by atoms with Crippen molar-refractivity contribution in [3.63, 3.8) is 0 Å². The molecular formula is C38H28N2O4. The first-order valence-corrected chi connectivity index (χ1v) is 14.7. The number of carbonyl (C=O) groups excluding carboxylic acids is 2. The minimum Gasteiger partial charge on any atom is -0.369 e. The lowest BCUT2D eigenvalue weighted by molar-refractivity contribution is -0.124. The molecule has 0 aliphatic heterocycles. The Kier molecular flexibility index (Phi) is 6.44. The van der Waals surface area contributed by atoms with Crippen LogP contribution in [0.4, 0.5) is 11.4 Å². The van der Waals surface area contributed by atoms with Crippen LogP contribution in [0.1, 0.15) is 0 Å². The van der Waals surface area contributed by atoms with E-state index in [0.29, 0.717) is 0 Å². The molecule has 8 aromatic rings. The van der Waals surface area contributed by atoms with Gasteiger partial charge in [-0.1, -0.05) is 97.1 Å². The fraction of sp³-hybridized carbons (Fsp3) is 0.105. The molecule has 8 aromatic carbocycles. The highest BCUT2D eigenvalue weighted by atomic mass is 16.5. The molecule has 0 aliphatic rings. The van der Waals surface area contributed by atoms with Gasteiger partial charge in [0, 0.05) is 22.1 Å². The van der Waals surface area contributed by atoms with E-state index in [4.69, 9.17) is 9.47 Å². The third kappa shape index (κ3) is 4.52. The molecule has 214 valence electrons. The molecule has 0 saturated heterocycles. The average Bonchev–Trinajstić information content (AvgIpc) is 3.05. The molecule has 44 heavy (non-hydrogen) atoms. The van der Waals surface area contributed by atoms with Gasteiger partial charge in [-0.05, 0) is 66.0 Å².